The van der Waals surface area contributed by atoms with E-state index in [1.807, 2.05) is 6.07 Å². The fourth-order valence-corrected chi connectivity index (χ4v) is 1.89. The molecule has 0 aliphatic carbocycles. The van der Waals surface area contributed by atoms with Gasteiger partial charge in [-0.2, -0.15) is 0 Å². The molecule has 2 heterocycles. The Kier molecular flexibility index (Phi) is 1.87. The second-order valence-electron chi connectivity index (χ2n) is 3.67. The zero-order valence-corrected chi connectivity index (χ0v) is 8.17. The molecule has 1 N–H and O–H groups in total. The number of nitrogens with zero attached hydrogens (tertiary/aromatic N) is 4. The van der Waals surface area contributed by atoms with Crippen molar-refractivity contribution in [2.45, 2.75) is 12.5 Å². The van der Waals surface area contributed by atoms with Crippen LogP contribution in [0.5, 0.6) is 0 Å². The lowest BCUT2D eigenvalue weighted by Crippen LogP contribution is -2.26. The van der Waals surface area contributed by atoms with Gasteiger partial charge in [0.15, 0.2) is 0 Å². The molecular weight excluding hydrogens is 190 g/mol. The van der Waals surface area contributed by atoms with Crippen molar-refractivity contribution in [1.29, 1.82) is 0 Å². The fraction of sp³-hybridized carbons (Fsp3) is 0.300. The molecule has 0 bridgehead atoms. The molecule has 1 aliphatic rings. The maximum absolute atomic E-state index is 3.93. The largest absolute Gasteiger partial charge is 0.352 e. The molecule has 1 atom stereocenters. The van der Waals surface area contributed by atoms with Gasteiger partial charge in [0, 0.05) is 12.5 Å². The summed E-state index contributed by atoms with van der Waals surface area (Å²) in [5, 5.41) is 14.7. The molecule has 15 heavy (non-hydrogen) atoms. The monoisotopic (exact) mass is 201 g/mol. The number of hydrogen-bond acceptors (Lipinski definition) is 4. The first-order valence-corrected chi connectivity index (χ1v) is 4.98. The van der Waals surface area contributed by atoms with Gasteiger partial charge in [0.2, 0.25) is 5.95 Å². The third-order valence-electron chi connectivity index (χ3n) is 2.70. The van der Waals surface area contributed by atoms with Crippen molar-refractivity contribution in [3.8, 4) is 0 Å². The van der Waals surface area contributed by atoms with Crippen LogP contribution in [-0.4, -0.2) is 26.8 Å². The number of benzene rings is 1. The Bertz CT molecular complexity index is 450. The van der Waals surface area contributed by atoms with Gasteiger partial charge in [-0.15, -0.1) is 0 Å². The number of rotatable bonds is 1. The van der Waals surface area contributed by atoms with Crippen molar-refractivity contribution in [2.24, 2.45) is 0 Å². The van der Waals surface area contributed by atoms with Gasteiger partial charge < -0.3 is 5.32 Å². The van der Waals surface area contributed by atoms with E-state index in [2.05, 4.69) is 45.1 Å². The van der Waals surface area contributed by atoms with Crippen molar-refractivity contribution in [3.63, 3.8) is 0 Å². The molecule has 0 fully saturated rings. The molecule has 2 aromatic rings. The molecule has 0 radical (unpaired) electrons. The average Bonchev–Trinajstić information content (AvgIpc) is 2.77. The molecule has 0 saturated heterocycles. The van der Waals surface area contributed by atoms with Crippen LogP contribution in [0.2, 0.25) is 0 Å². The highest BCUT2D eigenvalue weighted by molar-refractivity contribution is 5.29. The van der Waals surface area contributed by atoms with Crippen LogP contribution in [0.1, 0.15) is 11.5 Å². The molecular formula is C10H11N5. The molecule has 1 unspecified atom stereocenters. The van der Waals surface area contributed by atoms with Crippen molar-refractivity contribution in [2.75, 3.05) is 11.9 Å². The molecule has 1 aromatic carbocycles. The minimum atomic E-state index is 0.446. The van der Waals surface area contributed by atoms with Gasteiger partial charge in [0.1, 0.15) is 0 Å². The Balaban J connectivity index is 1.88. The summed E-state index contributed by atoms with van der Waals surface area (Å²) in [7, 11) is 0. The fourth-order valence-electron chi connectivity index (χ4n) is 1.89. The first kappa shape index (κ1) is 8.40. The van der Waals surface area contributed by atoms with Gasteiger partial charge in [-0.1, -0.05) is 35.4 Å². The normalized spacial score (nSPS) is 19.3. The van der Waals surface area contributed by atoms with Crippen molar-refractivity contribution < 1.29 is 0 Å². The minimum Gasteiger partial charge on any atom is -0.352 e. The van der Waals surface area contributed by atoms with Gasteiger partial charge in [0.05, 0.1) is 6.54 Å². The lowest BCUT2D eigenvalue weighted by Gasteiger charge is -2.23. The van der Waals surface area contributed by atoms with E-state index in [9.17, 15) is 0 Å². The molecule has 1 aliphatic heterocycles. The standard InChI is InChI=1S/C10H11N5/c1-2-4-8(5-3-1)9-6-11-10-12-13-14-15(10)7-9/h1-5,9H,6-7H2,(H,11,12,14). The molecule has 5 heteroatoms. The maximum Gasteiger partial charge on any atom is 0.242 e. The van der Waals surface area contributed by atoms with Crippen LogP contribution in [0.15, 0.2) is 30.3 Å². The van der Waals surface area contributed by atoms with Gasteiger partial charge in [-0.3, -0.25) is 0 Å². The third-order valence-corrected chi connectivity index (χ3v) is 2.70. The number of aromatic nitrogens is 4. The lowest BCUT2D eigenvalue weighted by molar-refractivity contribution is 0.493. The first-order valence-electron chi connectivity index (χ1n) is 4.98. The van der Waals surface area contributed by atoms with Crippen LogP contribution in [0, 0.1) is 0 Å². The Hall–Kier alpha value is -1.91. The summed E-state index contributed by atoms with van der Waals surface area (Å²) in [6, 6.07) is 10.4. The Morgan fingerprint density at radius 2 is 2.13 bits per heavy atom. The van der Waals surface area contributed by atoms with Crippen LogP contribution in [0.3, 0.4) is 0 Å². The van der Waals surface area contributed by atoms with Crippen LogP contribution in [-0.2, 0) is 6.54 Å². The van der Waals surface area contributed by atoms with Crippen molar-refractivity contribution >= 4 is 5.95 Å². The summed E-state index contributed by atoms with van der Waals surface area (Å²) < 4.78 is 1.81. The molecule has 3 rings (SSSR count). The second kappa shape index (κ2) is 3.34. The molecule has 0 spiro atoms. The zero-order valence-electron chi connectivity index (χ0n) is 8.17. The van der Waals surface area contributed by atoms with E-state index in [0.717, 1.165) is 19.0 Å². The molecule has 5 nitrogen and oxygen atoms in total. The predicted octanol–water partition coefficient (Wildman–Crippen LogP) is 0.882. The van der Waals surface area contributed by atoms with Gasteiger partial charge >= 0.3 is 0 Å². The van der Waals surface area contributed by atoms with Gasteiger partial charge in [0.25, 0.3) is 0 Å². The Labute approximate surface area is 87.1 Å². The second-order valence-corrected chi connectivity index (χ2v) is 3.67. The SMILES string of the molecule is c1ccc(C2CNc3nnnn3C2)cc1. The summed E-state index contributed by atoms with van der Waals surface area (Å²) in [5.74, 6) is 1.21. The van der Waals surface area contributed by atoms with E-state index in [-0.39, 0.29) is 0 Å². The van der Waals surface area contributed by atoms with Crippen LogP contribution >= 0.6 is 0 Å². The minimum absolute atomic E-state index is 0.446. The Morgan fingerprint density at radius 3 is 3.00 bits per heavy atom. The highest BCUT2D eigenvalue weighted by Gasteiger charge is 2.20. The first-order chi connectivity index (χ1) is 7.43. The summed E-state index contributed by atoms with van der Waals surface area (Å²) >= 11 is 0. The van der Waals surface area contributed by atoms with E-state index in [1.54, 1.807) is 4.68 Å². The third kappa shape index (κ3) is 1.45. The van der Waals surface area contributed by atoms with E-state index < -0.39 is 0 Å². The Morgan fingerprint density at radius 1 is 1.27 bits per heavy atom. The van der Waals surface area contributed by atoms with E-state index >= 15 is 0 Å². The smallest absolute Gasteiger partial charge is 0.242 e. The number of hydrogen-bond donors (Lipinski definition) is 1. The van der Waals surface area contributed by atoms with E-state index in [0.29, 0.717) is 5.92 Å². The highest BCUT2D eigenvalue weighted by atomic mass is 15.6. The quantitative estimate of drug-likeness (QED) is 0.744. The molecule has 0 saturated carbocycles. The van der Waals surface area contributed by atoms with E-state index in [1.165, 1.54) is 5.56 Å². The average molecular weight is 201 g/mol. The van der Waals surface area contributed by atoms with Crippen LogP contribution in [0.4, 0.5) is 5.95 Å². The number of anilines is 1. The van der Waals surface area contributed by atoms with Crippen molar-refractivity contribution in [3.05, 3.63) is 35.9 Å². The van der Waals surface area contributed by atoms with Crippen molar-refractivity contribution in [1.82, 2.24) is 20.2 Å². The topological polar surface area (TPSA) is 55.6 Å². The summed E-state index contributed by atoms with van der Waals surface area (Å²) in [4.78, 5) is 0. The summed E-state index contributed by atoms with van der Waals surface area (Å²) in [5.41, 5.74) is 1.33. The lowest BCUT2D eigenvalue weighted by atomic mass is 9.98. The molecule has 76 valence electrons. The maximum atomic E-state index is 3.93. The molecule has 0 amide bonds. The number of tetrazole rings is 1. The van der Waals surface area contributed by atoms with Gasteiger partial charge in [-0.05, 0) is 16.0 Å². The summed E-state index contributed by atoms with van der Waals surface area (Å²) in [6.45, 7) is 1.74. The summed E-state index contributed by atoms with van der Waals surface area (Å²) in [6.07, 6.45) is 0. The van der Waals surface area contributed by atoms with Crippen LogP contribution < -0.4 is 5.32 Å². The van der Waals surface area contributed by atoms with E-state index in [4.69, 9.17) is 0 Å². The van der Waals surface area contributed by atoms with Crippen LogP contribution in [0.25, 0.3) is 0 Å². The highest BCUT2D eigenvalue weighted by Crippen LogP contribution is 2.22. The zero-order chi connectivity index (χ0) is 10.1. The van der Waals surface area contributed by atoms with Gasteiger partial charge in [-0.25, -0.2) is 4.68 Å². The number of fused-ring (bicyclic) bond motifs is 1. The number of nitrogens with one attached hydrogen (secondary N) is 1. The predicted molar refractivity (Wildman–Crippen MR) is 55.5 cm³/mol. The molecule has 1 aromatic heterocycles.